The standard InChI is InChI=1S/C33H36IN3O6/c1-33(2)17-26(28-29-30(43-29)31(33)37(28)34)42-32(40)36-24-15-19(9-12-22(24)21-7-5-4-6-8-21)11-14-27(39)35-23-13-10-20(18-38)16-25(23)41-3/h4-10,12-13,15-16,26,28-31,38H,11,14,17-18H2,1-3H3,(H,35,39)(H,36,40). The zero-order valence-electron chi connectivity index (χ0n) is 24.4. The number of rotatable bonds is 9. The summed E-state index contributed by atoms with van der Waals surface area (Å²) in [5.41, 5.74) is 4.56. The number of morpholine rings is 1. The molecular formula is C33H36IN3O6. The average Bonchev–Trinajstić information content (AvgIpc) is 3.70. The number of halogens is 1. The van der Waals surface area contributed by atoms with Crippen LogP contribution in [0.3, 0.4) is 0 Å². The van der Waals surface area contributed by atoms with Gasteiger partial charge in [0.2, 0.25) is 5.91 Å². The average molecular weight is 698 g/mol. The lowest BCUT2D eigenvalue weighted by Gasteiger charge is -2.46. The summed E-state index contributed by atoms with van der Waals surface area (Å²) in [6, 6.07) is 21.2. The van der Waals surface area contributed by atoms with Crippen LogP contribution in [0.25, 0.3) is 11.1 Å². The Hall–Kier alpha value is -3.19. The lowest BCUT2D eigenvalue weighted by Crippen LogP contribution is -2.56. The second-order valence-electron chi connectivity index (χ2n) is 12.1. The maximum Gasteiger partial charge on any atom is 0.411 e. The summed E-state index contributed by atoms with van der Waals surface area (Å²) < 4.78 is 19.7. The van der Waals surface area contributed by atoms with E-state index in [1.807, 2.05) is 48.5 Å². The molecule has 3 N–H and O–H groups in total. The Morgan fingerprint density at radius 3 is 2.53 bits per heavy atom. The molecule has 43 heavy (non-hydrogen) atoms. The topological polar surface area (TPSA) is 113 Å². The van der Waals surface area contributed by atoms with Gasteiger partial charge in [-0.3, -0.25) is 10.1 Å². The van der Waals surface area contributed by atoms with Crippen molar-refractivity contribution in [2.75, 3.05) is 17.7 Å². The van der Waals surface area contributed by atoms with Crippen molar-refractivity contribution in [1.82, 2.24) is 3.11 Å². The Morgan fingerprint density at radius 1 is 1.02 bits per heavy atom. The summed E-state index contributed by atoms with van der Waals surface area (Å²) in [5, 5.41) is 15.3. The number of methoxy groups -OCH3 is 1. The highest BCUT2D eigenvalue weighted by Gasteiger charge is 2.70. The van der Waals surface area contributed by atoms with E-state index in [9.17, 15) is 14.7 Å². The minimum atomic E-state index is -0.501. The molecule has 5 atom stereocenters. The Balaban J connectivity index is 1.16. The van der Waals surface area contributed by atoms with Gasteiger partial charge in [-0.05, 0) is 53.1 Å². The smallest absolute Gasteiger partial charge is 0.411 e. The largest absolute Gasteiger partial charge is 0.495 e. The van der Waals surface area contributed by atoms with Crippen LogP contribution >= 0.6 is 22.9 Å². The first-order valence-electron chi connectivity index (χ1n) is 14.5. The van der Waals surface area contributed by atoms with Gasteiger partial charge in [0.15, 0.2) is 0 Å². The molecule has 0 saturated carbocycles. The minimum absolute atomic E-state index is 0.0425. The van der Waals surface area contributed by atoms with Gasteiger partial charge in [-0.2, -0.15) is 0 Å². The van der Waals surface area contributed by atoms with Crippen molar-refractivity contribution in [3.05, 3.63) is 77.9 Å². The second kappa shape index (κ2) is 12.1. The van der Waals surface area contributed by atoms with E-state index in [1.165, 1.54) is 7.11 Å². The normalized spacial score (nSPS) is 25.0. The first kappa shape index (κ1) is 29.9. The molecule has 3 fully saturated rings. The number of piperidine rings is 1. The fourth-order valence-corrected chi connectivity index (χ4v) is 8.30. The number of hydrogen-bond acceptors (Lipinski definition) is 7. The van der Waals surface area contributed by atoms with Crippen molar-refractivity contribution < 1.29 is 28.9 Å². The van der Waals surface area contributed by atoms with Crippen LogP contribution in [-0.2, 0) is 27.3 Å². The van der Waals surface area contributed by atoms with E-state index in [0.29, 0.717) is 35.2 Å². The third-order valence-electron chi connectivity index (χ3n) is 8.70. The van der Waals surface area contributed by atoms with Gasteiger partial charge in [-0.1, -0.05) is 62.4 Å². The van der Waals surface area contributed by atoms with Gasteiger partial charge in [-0.25, -0.2) is 7.91 Å². The SMILES string of the molecule is COc1cc(CO)ccc1NC(=O)CCc1ccc(-c2ccccc2)c(NC(=O)OC2CC(C)(C)C3C4OC4C2N3I)c1. The number of ether oxygens (including phenoxy) is 3. The number of anilines is 2. The summed E-state index contributed by atoms with van der Waals surface area (Å²) in [6.07, 6.45) is 1.02. The van der Waals surface area contributed by atoms with Crippen molar-refractivity contribution >= 4 is 46.2 Å². The molecule has 2 bridgehead atoms. The molecule has 3 saturated heterocycles. The van der Waals surface area contributed by atoms with Crippen LogP contribution in [0.15, 0.2) is 66.7 Å². The van der Waals surface area contributed by atoms with Gasteiger partial charge >= 0.3 is 6.09 Å². The number of nitrogens with one attached hydrogen (secondary N) is 2. The molecule has 3 aliphatic heterocycles. The van der Waals surface area contributed by atoms with Crippen molar-refractivity contribution in [1.29, 1.82) is 0 Å². The van der Waals surface area contributed by atoms with Gasteiger partial charge in [0.05, 0.1) is 37.2 Å². The molecule has 226 valence electrons. The van der Waals surface area contributed by atoms with Gasteiger partial charge in [0.1, 0.15) is 24.1 Å². The lowest BCUT2D eigenvalue weighted by molar-refractivity contribution is -0.116. The van der Waals surface area contributed by atoms with Crippen LogP contribution in [0.1, 0.15) is 37.8 Å². The number of fused-ring (bicyclic) bond motifs is 5. The molecule has 0 aromatic heterocycles. The van der Waals surface area contributed by atoms with Crippen molar-refractivity contribution in [2.24, 2.45) is 5.41 Å². The van der Waals surface area contributed by atoms with Crippen molar-refractivity contribution in [3.8, 4) is 16.9 Å². The molecule has 3 aliphatic rings. The number of hydrogen-bond donors (Lipinski definition) is 3. The van der Waals surface area contributed by atoms with Crippen LogP contribution in [0.5, 0.6) is 5.75 Å². The van der Waals surface area contributed by atoms with Crippen LogP contribution in [-0.4, -0.2) is 57.7 Å². The number of benzene rings is 3. The fourth-order valence-electron chi connectivity index (χ4n) is 6.56. The summed E-state index contributed by atoms with van der Waals surface area (Å²) >= 11 is 2.37. The number of nitrogens with zero attached hydrogens (tertiary/aromatic N) is 1. The second-order valence-corrected chi connectivity index (χ2v) is 13.2. The van der Waals surface area contributed by atoms with Gasteiger partial charge in [0.25, 0.3) is 0 Å². The molecule has 0 aliphatic carbocycles. The lowest BCUT2D eigenvalue weighted by atomic mass is 9.77. The van der Waals surface area contributed by atoms with Crippen molar-refractivity contribution in [3.63, 3.8) is 0 Å². The Kier molecular flexibility index (Phi) is 8.38. The van der Waals surface area contributed by atoms with E-state index in [4.69, 9.17) is 14.2 Å². The first-order chi connectivity index (χ1) is 20.7. The molecule has 3 aromatic rings. The minimum Gasteiger partial charge on any atom is -0.495 e. The Labute approximate surface area is 265 Å². The number of carbonyl (C=O) groups excluding carboxylic acids is 2. The maximum absolute atomic E-state index is 13.4. The van der Waals surface area contributed by atoms with Gasteiger partial charge < -0.3 is 24.6 Å². The number of aliphatic hydroxyl groups excluding tert-OH is 1. The maximum atomic E-state index is 13.4. The Bertz CT molecular complexity index is 1520. The molecule has 3 heterocycles. The number of aryl methyl sites for hydroxylation is 1. The zero-order chi connectivity index (χ0) is 30.3. The van der Waals surface area contributed by atoms with E-state index in [-0.39, 0.29) is 48.7 Å². The molecule has 2 amide bonds. The zero-order valence-corrected chi connectivity index (χ0v) is 26.5. The number of epoxide rings is 1. The molecule has 6 rings (SSSR count). The monoisotopic (exact) mass is 697 g/mol. The molecular weight excluding hydrogens is 661 g/mol. The molecule has 0 radical (unpaired) electrons. The fraction of sp³-hybridized carbons (Fsp3) is 0.394. The summed E-state index contributed by atoms with van der Waals surface area (Å²) in [5.74, 6) is 0.316. The number of carbonyl (C=O) groups is 2. The van der Waals surface area contributed by atoms with E-state index >= 15 is 0 Å². The highest BCUT2D eigenvalue weighted by molar-refractivity contribution is 14.1. The highest BCUT2D eigenvalue weighted by atomic mass is 127. The summed E-state index contributed by atoms with van der Waals surface area (Å²) in [6.45, 7) is 4.32. The third kappa shape index (κ3) is 6.11. The number of aliphatic hydroxyl groups is 1. The molecule has 9 nitrogen and oxygen atoms in total. The predicted octanol–water partition coefficient (Wildman–Crippen LogP) is 5.94. The third-order valence-corrected chi connectivity index (χ3v) is 9.94. The molecule has 10 heteroatoms. The van der Waals surface area contributed by atoms with Gasteiger partial charge in [0, 0.05) is 34.8 Å². The molecule has 5 unspecified atom stereocenters. The Morgan fingerprint density at radius 2 is 1.79 bits per heavy atom. The quantitative estimate of drug-likeness (QED) is 0.144. The van der Waals surface area contributed by atoms with E-state index < -0.39 is 6.09 Å². The van der Waals surface area contributed by atoms with E-state index in [1.54, 1.807) is 18.2 Å². The van der Waals surface area contributed by atoms with Crippen molar-refractivity contribution in [2.45, 2.75) is 70.1 Å². The summed E-state index contributed by atoms with van der Waals surface area (Å²) in [7, 11) is 1.52. The van der Waals surface area contributed by atoms with Crippen LogP contribution in [0, 0.1) is 5.41 Å². The number of amides is 2. The van der Waals surface area contributed by atoms with Gasteiger partial charge in [-0.15, -0.1) is 0 Å². The molecule has 0 spiro atoms. The summed E-state index contributed by atoms with van der Waals surface area (Å²) in [4.78, 5) is 26.2. The predicted molar refractivity (Wildman–Crippen MR) is 172 cm³/mol. The first-order valence-corrected chi connectivity index (χ1v) is 15.5. The van der Waals surface area contributed by atoms with Crippen LogP contribution < -0.4 is 15.4 Å². The van der Waals surface area contributed by atoms with E-state index in [2.05, 4.69) is 50.5 Å². The van der Waals surface area contributed by atoms with E-state index in [0.717, 1.165) is 23.1 Å². The molecule has 3 aromatic carbocycles. The highest BCUT2D eigenvalue weighted by Crippen LogP contribution is 2.57. The van der Waals surface area contributed by atoms with Crippen LogP contribution in [0.4, 0.5) is 16.2 Å². The van der Waals surface area contributed by atoms with Crippen LogP contribution in [0.2, 0.25) is 0 Å².